The van der Waals surface area contributed by atoms with Gasteiger partial charge in [0.15, 0.2) is 0 Å². The lowest BCUT2D eigenvalue weighted by molar-refractivity contribution is -0.146. The first-order valence-electron chi connectivity index (χ1n) is 3.14. The number of nitrogens with one attached hydrogen (secondary N) is 1. The predicted octanol–water partition coefficient (Wildman–Crippen LogP) is 0.726. The van der Waals surface area contributed by atoms with Crippen LogP contribution in [0.4, 0.5) is 13.2 Å². The van der Waals surface area contributed by atoms with E-state index < -0.39 is 12.2 Å². The van der Waals surface area contributed by atoms with Crippen molar-refractivity contribution in [1.82, 2.24) is 15.3 Å². The fourth-order valence-electron chi connectivity index (χ4n) is 0.618. The first-order valence-corrected chi connectivity index (χ1v) is 3.14. The Morgan fingerprint density at radius 1 is 1.46 bits per heavy atom. The fraction of sp³-hybridized carbons (Fsp3) is 0.167. The molecule has 0 aliphatic heterocycles. The van der Waals surface area contributed by atoms with Crippen molar-refractivity contribution in [2.45, 2.75) is 6.30 Å². The van der Waals surface area contributed by atoms with E-state index in [1.54, 1.807) is 0 Å². The molecule has 0 fully saturated rings. The van der Waals surface area contributed by atoms with Crippen molar-refractivity contribution < 1.29 is 18.0 Å². The second-order valence-electron chi connectivity index (χ2n) is 2.05. The monoisotopic (exact) mass is 191 g/mol. The maximum atomic E-state index is 11.6. The molecule has 1 N–H and O–H groups in total. The second kappa shape index (κ2) is 3.38. The Morgan fingerprint density at radius 2 is 2.15 bits per heavy atom. The van der Waals surface area contributed by atoms with Gasteiger partial charge < -0.3 is 0 Å². The summed E-state index contributed by atoms with van der Waals surface area (Å²) in [4.78, 5) is 17.5. The Balaban J connectivity index is 2.71. The van der Waals surface area contributed by atoms with Gasteiger partial charge in [-0.15, -0.1) is 0 Å². The third kappa shape index (κ3) is 3.06. The number of amides is 1. The van der Waals surface area contributed by atoms with E-state index in [1.807, 2.05) is 0 Å². The normalized spacial score (nSPS) is 11.0. The van der Waals surface area contributed by atoms with Gasteiger partial charge in [0.05, 0.1) is 0 Å². The summed E-state index contributed by atoms with van der Waals surface area (Å²) in [7, 11) is 0. The molecule has 4 nitrogen and oxygen atoms in total. The number of carbonyl (C=O) groups excluding carboxylic acids is 1. The summed E-state index contributed by atoms with van der Waals surface area (Å²) < 4.78 is 34.8. The summed E-state index contributed by atoms with van der Waals surface area (Å²) in [6.07, 6.45) is -2.56. The maximum absolute atomic E-state index is 11.6. The van der Waals surface area contributed by atoms with Gasteiger partial charge in [0.2, 0.25) is 0 Å². The highest BCUT2D eigenvalue weighted by Gasteiger charge is 2.30. The van der Waals surface area contributed by atoms with Crippen molar-refractivity contribution in [1.29, 1.82) is 0 Å². The van der Waals surface area contributed by atoms with Crippen LogP contribution in [0.1, 0.15) is 10.5 Å². The first kappa shape index (κ1) is 9.43. The molecule has 0 spiro atoms. The summed E-state index contributed by atoms with van der Waals surface area (Å²) in [5.41, 5.74) is -0.327. The van der Waals surface area contributed by atoms with E-state index in [9.17, 15) is 18.0 Å². The van der Waals surface area contributed by atoms with Gasteiger partial charge in [-0.25, -0.2) is 9.97 Å². The molecule has 0 bridgehead atoms. The van der Waals surface area contributed by atoms with Gasteiger partial charge in [0.25, 0.3) is 5.91 Å². The van der Waals surface area contributed by atoms with Crippen molar-refractivity contribution >= 4 is 5.91 Å². The van der Waals surface area contributed by atoms with E-state index in [1.165, 1.54) is 6.20 Å². The van der Waals surface area contributed by atoms with Crippen molar-refractivity contribution in [3.63, 3.8) is 0 Å². The molecule has 1 rings (SSSR count). The van der Waals surface area contributed by atoms with Gasteiger partial charge in [0.1, 0.15) is 12.0 Å². The summed E-state index contributed by atoms with van der Waals surface area (Å²) >= 11 is 0. The third-order valence-electron chi connectivity index (χ3n) is 1.07. The smallest absolute Gasteiger partial charge is 0.267 e. The third-order valence-corrected chi connectivity index (χ3v) is 1.07. The van der Waals surface area contributed by atoms with Gasteiger partial charge in [-0.2, -0.15) is 13.2 Å². The van der Waals surface area contributed by atoms with Crippen molar-refractivity contribution in [2.24, 2.45) is 0 Å². The second-order valence-corrected chi connectivity index (χ2v) is 2.05. The molecule has 1 aromatic heterocycles. The van der Waals surface area contributed by atoms with E-state index in [2.05, 4.69) is 9.97 Å². The van der Waals surface area contributed by atoms with Gasteiger partial charge in [-0.1, -0.05) is 0 Å². The zero-order chi connectivity index (χ0) is 9.90. The predicted molar refractivity (Wildman–Crippen MR) is 35.6 cm³/mol. The highest BCUT2D eigenvalue weighted by molar-refractivity contribution is 5.92. The number of rotatable bonds is 1. The fourth-order valence-corrected chi connectivity index (χ4v) is 0.618. The molecule has 0 aliphatic rings. The number of hydrogen-bond donors (Lipinski definition) is 1. The van der Waals surface area contributed by atoms with Gasteiger partial charge in [0, 0.05) is 6.20 Å². The van der Waals surface area contributed by atoms with Crippen LogP contribution in [-0.4, -0.2) is 22.2 Å². The number of nitrogens with zero attached hydrogens (tertiary/aromatic N) is 2. The molecule has 0 atom stereocenters. The van der Waals surface area contributed by atoms with Crippen LogP contribution in [0.25, 0.3) is 0 Å². The van der Waals surface area contributed by atoms with E-state index in [0.29, 0.717) is 0 Å². The zero-order valence-corrected chi connectivity index (χ0v) is 6.17. The van der Waals surface area contributed by atoms with Crippen LogP contribution in [0.2, 0.25) is 0 Å². The highest BCUT2D eigenvalue weighted by Crippen LogP contribution is 2.10. The average Bonchev–Trinajstić information content (AvgIpc) is 2.03. The number of carbonyl (C=O) groups is 1. The van der Waals surface area contributed by atoms with Gasteiger partial charge in [-0.3, -0.25) is 10.1 Å². The number of halogens is 3. The standard InChI is InChI=1S/C6H4F3N3O/c7-6(8,9)12-5(13)4-1-2-10-3-11-4/h1-3H,(H,12,13). The van der Waals surface area contributed by atoms with Crippen LogP contribution in [-0.2, 0) is 0 Å². The molecule has 0 radical (unpaired) electrons. The summed E-state index contributed by atoms with van der Waals surface area (Å²) in [6, 6.07) is 1.08. The Hall–Kier alpha value is -1.66. The minimum atomic E-state index is -4.73. The van der Waals surface area contributed by atoms with E-state index in [4.69, 9.17) is 0 Å². The Kier molecular flexibility index (Phi) is 2.45. The van der Waals surface area contributed by atoms with Gasteiger partial charge in [-0.05, 0) is 6.07 Å². The van der Waals surface area contributed by atoms with E-state index >= 15 is 0 Å². The number of hydrogen-bond acceptors (Lipinski definition) is 3. The lowest BCUT2D eigenvalue weighted by atomic mass is 10.4. The molecular weight excluding hydrogens is 187 g/mol. The number of alkyl halides is 3. The zero-order valence-electron chi connectivity index (χ0n) is 6.17. The average molecular weight is 191 g/mol. The molecule has 0 saturated heterocycles. The molecule has 7 heteroatoms. The highest BCUT2D eigenvalue weighted by atomic mass is 19.4. The lowest BCUT2D eigenvalue weighted by Crippen LogP contribution is -2.37. The minimum Gasteiger partial charge on any atom is -0.267 e. The minimum absolute atomic E-state index is 0.327. The maximum Gasteiger partial charge on any atom is 0.484 e. The topological polar surface area (TPSA) is 54.9 Å². The largest absolute Gasteiger partial charge is 0.484 e. The molecular formula is C6H4F3N3O. The van der Waals surface area contributed by atoms with Crippen molar-refractivity contribution in [2.75, 3.05) is 0 Å². The molecule has 1 amide bonds. The van der Waals surface area contributed by atoms with Crippen molar-refractivity contribution in [3.05, 3.63) is 24.3 Å². The van der Waals surface area contributed by atoms with Crippen molar-refractivity contribution in [3.8, 4) is 0 Å². The van der Waals surface area contributed by atoms with Crippen LogP contribution < -0.4 is 5.32 Å². The molecule has 13 heavy (non-hydrogen) atoms. The molecule has 0 unspecified atom stereocenters. The quantitative estimate of drug-likeness (QED) is 0.665. The van der Waals surface area contributed by atoms with Crippen LogP contribution in [0, 0.1) is 0 Å². The molecule has 0 aromatic carbocycles. The van der Waals surface area contributed by atoms with Crippen LogP contribution in [0.5, 0.6) is 0 Å². The lowest BCUT2D eigenvalue weighted by Gasteiger charge is -2.06. The van der Waals surface area contributed by atoms with Crippen LogP contribution >= 0.6 is 0 Å². The first-order chi connectivity index (χ1) is 5.99. The molecule has 1 heterocycles. The molecule has 1 aromatic rings. The summed E-state index contributed by atoms with van der Waals surface area (Å²) in [6.45, 7) is 0. The van der Waals surface area contributed by atoms with E-state index in [-0.39, 0.29) is 5.69 Å². The molecule has 0 aliphatic carbocycles. The molecule has 70 valence electrons. The number of aromatic nitrogens is 2. The molecule has 0 saturated carbocycles. The van der Waals surface area contributed by atoms with Gasteiger partial charge >= 0.3 is 6.30 Å². The summed E-state index contributed by atoms with van der Waals surface area (Å²) in [5.74, 6) is -1.30. The van der Waals surface area contributed by atoms with E-state index in [0.717, 1.165) is 17.7 Å². The Morgan fingerprint density at radius 3 is 2.62 bits per heavy atom. The SMILES string of the molecule is O=C(NC(F)(F)F)c1ccncn1. The van der Waals surface area contributed by atoms with Crippen LogP contribution in [0.15, 0.2) is 18.6 Å². The van der Waals surface area contributed by atoms with Crippen LogP contribution in [0.3, 0.4) is 0 Å². The Labute approximate surface area is 70.8 Å². The Bertz CT molecular complexity index is 298. The summed E-state index contributed by atoms with van der Waals surface area (Å²) in [5, 5.41) is 0.806.